The van der Waals surface area contributed by atoms with Gasteiger partial charge in [-0.25, -0.2) is 4.98 Å². The van der Waals surface area contributed by atoms with Gasteiger partial charge < -0.3 is 14.5 Å². The molecule has 0 atom stereocenters. The van der Waals surface area contributed by atoms with Crippen molar-refractivity contribution < 1.29 is 9.53 Å². The molecule has 1 saturated heterocycles. The number of anilines is 1. The van der Waals surface area contributed by atoms with Crippen LogP contribution in [0.4, 0.5) is 5.82 Å². The molecule has 1 aromatic carbocycles. The van der Waals surface area contributed by atoms with E-state index in [1.165, 1.54) is 16.7 Å². The van der Waals surface area contributed by atoms with Crippen LogP contribution in [0.25, 0.3) is 0 Å². The van der Waals surface area contributed by atoms with Crippen molar-refractivity contribution in [3.05, 3.63) is 59.3 Å². The number of hydrogen-bond donors (Lipinski definition) is 0. The fourth-order valence-electron chi connectivity index (χ4n) is 3.70. The zero-order chi connectivity index (χ0) is 17.8. The average molecular weight is 351 g/mol. The first-order valence-corrected chi connectivity index (χ1v) is 9.42. The summed E-state index contributed by atoms with van der Waals surface area (Å²) in [6.45, 7) is 4.82. The fourth-order valence-corrected chi connectivity index (χ4v) is 3.70. The van der Waals surface area contributed by atoms with Crippen molar-refractivity contribution in [1.82, 2.24) is 9.88 Å². The van der Waals surface area contributed by atoms with E-state index in [4.69, 9.17) is 4.74 Å². The Morgan fingerprint density at radius 1 is 1.08 bits per heavy atom. The SMILES string of the molecule is O=C(CCc1ccnc(N2CCOCC2)c1)N1CCc2ccccc2C1. The van der Waals surface area contributed by atoms with Crippen LogP contribution in [0.15, 0.2) is 42.6 Å². The van der Waals surface area contributed by atoms with Gasteiger partial charge in [0.1, 0.15) is 5.82 Å². The van der Waals surface area contributed by atoms with Gasteiger partial charge in [-0.2, -0.15) is 0 Å². The molecule has 2 aliphatic heterocycles. The van der Waals surface area contributed by atoms with E-state index in [-0.39, 0.29) is 5.91 Å². The third-order valence-electron chi connectivity index (χ3n) is 5.26. The molecule has 0 spiro atoms. The van der Waals surface area contributed by atoms with Crippen molar-refractivity contribution in [1.29, 1.82) is 0 Å². The molecule has 2 aromatic rings. The highest BCUT2D eigenvalue weighted by Crippen LogP contribution is 2.20. The highest BCUT2D eigenvalue weighted by Gasteiger charge is 2.20. The molecule has 0 saturated carbocycles. The van der Waals surface area contributed by atoms with E-state index >= 15 is 0 Å². The summed E-state index contributed by atoms with van der Waals surface area (Å²) in [5.41, 5.74) is 3.83. The molecule has 2 aliphatic rings. The smallest absolute Gasteiger partial charge is 0.223 e. The Balaban J connectivity index is 1.35. The van der Waals surface area contributed by atoms with Crippen LogP contribution in [0.1, 0.15) is 23.1 Å². The van der Waals surface area contributed by atoms with Crippen molar-refractivity contribution in [3.8, 4) is 0 Å². The Labute approximate surface area is 154 Å². The quantitative estimate of drug-likeness (QED) is 0.849. The highest BCUT2D eigenvalue weighted by molar-refractivity contribution is 5.76. The molecule has 0 aliphatic carbocycles. The standard InChI is InChI=1S/C21H25N3O2/c25-21(24-10-8-18-3-1-2-4-19(18)16-24)6-5-17-7-9-22-20(15-17)23-11-13-26-14-12-23/h1-4,7,9,15H,5-6,8,10-14,16H2. The summed E-state index contributed by atoms with van der Waals surface area (Å²) < 4.78 is 5.40. The lowest BCUT2D eigenvalue weighted by Gasteiger charge is -2.29. The summed E-state index contributed by atoms with van der Waals surface area (Å²) in [5.74, 6) is 1.23. The molecule has 1 fully saturated rings. The third-order valence-corrected chi connectivity index (χ3v) is 5.26. The van der Waals surface area contributed by atoms with Crippen LogP contribution in [0.5, 0.6) is 0 Å². The lowest BCUT2D eigenvalue weighted by Crippen LogP contribution is -2.37. The van der Waals surface area contributed by atoms with Crippen LogP contribution in [-0.4, -0.2) is 48.6 Å². The van der Waals surface area contributed by atoms with E-state index in [0.29, 0.717) is 6.42 Å². The molecule has 0 unspecified atom stereocenters. The molecule has 0 radical (unpaired) electrons. The summed E-state index contributed by atoms with van der Waals surface area (Å²) >= 11 is 0. The molecule has 136 valence electrons. The van der Waals surface area contributed by atoms with E-state index in [2.05, 4.69) is 40.2 Å². The minimum atomic E-state index is 0.240. The van der Waals surface area contributed by atoms with Crippen LogP contribution in [0.2, 0.25) is 0 Å². The van der Waals surface area contributed by atoms with Gasteiger partial charge in [0.2, 0.25) is 5.91 Å². The van der Waals surface area contributed by atoms with Gasteiger partial charge in [-0.15, -0.1) is 0 Å². The maximum Gasteiger partial charge on any atom is 0.223 e. The number of pyridine rings is 1. The highest BCUT2D eigenvalue weighted by atomic mass is 16.5. The monoisotopic (exact) mass is 351 g/mol. The van der Waals surface area contributed by atoms with Crippen LogP contribution in [-0.2, 0) is 28.9 Å². The van der Waals surface area contributed by atoms with Crippen molar-refractivity contribution in [3.63, 3.8) is 0 Å². The first-order chi connectivity index (χ1) is 12.8. The first kappa shape index (κ1) is 17.0. The maximum absolute atomic E-state index is 12.7. The Kier molecular flexibility index (Phi) is 5.16. The molecular formula is C21H25N3O2. The molecule has 0 bridgehead atoms. The predicted molar refractivity (Wildman–Crippen MR) is 101 cm³/mol. The topological polar surface area (TPSA) is 45.7 Å². The number of carbonyl (C=O) groups is 1. The largest absolute Gasteiger partial charge is 0.378 e. The van der Waals surface area contributed by atoms with Gasteiger partial charge in [-0.1, -0.05) is 24.3 Å². The number of aromatic nitrogens is 1. The number of ether oxygens (including phenoxy) is 1. The second kappa shape index (κ2) is 7.87. The average Bonchev–Trinajstić information content (AvgIpc) is 2.72. The lowest BCUT2D eigenvalue weighted by atomic mass is 9.99. The summed E-state index contributed by atoms with van der Waals surface area (Å²) in [4.78, 5) is 21.4. The van der Waals surface area contributed by atoms with Crippen LogP contribution >= 0.6 is 0 Å². The van der Waals surface area contributed by atoms with Crippen molar-refractivity contribution in [2.45, 2.75) is 25.8 Å². The summed E-state index contributed by atoms with van der Waals surface area (Å²) in [6.07, 6.45) is 4.12. The van der Waals surface area contributed by atoms with Crippen LogP contribution < -0.4 is 4.90 Å². The summed E-state index contributed by atoms with van der Waals surface area (Å²) in [7, 11) is 0. The number of hydrogen-bond acceptors (Lipinski definition) is 4. The van der Waals surface area contributed by atoms with E-state index in [1.807, 2.05) is 17.2 Å². The van der Waals surface area contributed by atoms with Gasteiger partial charge in [0.25, 0.3) is 0 Å². The number of fused-ring (bicyclic) bond motifs is 1. The van der Waals surface area contributed by atoms with E-state index < -0.39 is 0 Å². The van der Waals surface area contributed by atoms with Crippen molar-refractivity contribution in [2.24, 2.45) is 0 Å². The number of morpholine rings is 1. The lowest BCUT2D eigenvalue weighted by molar-refractivity contribution is -0.132. The van der Waals surface area contributed by atoms with Gasteiger partial charge >= 0.3 is 0 Å². The van der Waals surface area contributed by atoms with E-state index in [0.717, 1.165) is 58.1 Å². The fraction of sp³-hybridized carbons (Fsp3) is 0.429. The van der Waals surface area contributed by atoms with Gasteiger partial charge in [-0.05, 0) is 41.7 Å². The Morgan fingerprint density at radius 3 is 2.73 bits per heavy atom. The second-order valence-corrected chi connectivity index (χ2v) is 6.96. The van der Waals surface area contributed by atoms with E-state index in [9.17, 15) is 4.79 Å². The van der Waals surface area contributed by atoms with Crippen LogP contribution in [0, 0.1) is 0 Å². The van der Waals surface area contributed by atoms with Crippen molar-refractivity contribution in [2.75, 3.05) is 37.7 Å². The molecule has 5 heteroatoms. The number of benzene rings is 1. The van der Waals surface area contributed by atoms with Gasteiger partial charge in [0.15, 0.2) is 0 Å². The number of rotatable bonds is 4. The van der Waals surface area contributed by atoms with Gasteiger partial charge in [0, 0.05) is 38.8 Å². The Bertz CT molecular complexity index is 771. The normalized spacial score (nSPS) is 17.1. The molecule has 5 nitrogen and oxygen atoms in total. The van der Waals surface area contributed by atoms with Gasteiger partial charge in [0.05, 0.1) is 13.2 Å². The zero-order valence-corrected chi connectivity index (χ0v) is 15.1. The Morgan fingerprint density at radius 2 is 1.88 bits per heavy atom. The molecular weight excluding hydrogens is 326 g/mol. The zero-order valence-electron chi connectivity index (χ0n) is 15.1. The molecule has 1 aromatic heterocycles. The van der Waals surface area contributed by atoms with Gasteiger partial charge in [-0.3, -0.25) is 4.79 Å². The number of carbonyl (C=O) groups excluding carboxylic acids is 1. The summed E-state index contributed by atoms with van der Waals surface area (Å²) in [6, 6.07) is 12.6. The minimum absolute atomic E-state index is 0.240. The van der Waals surface area contributed by atoms with E-state index in [1.54, 1.807) is 0 Å². The minimum Gasteiger partial charge on any atom is -0.378 e. The number of nitrogens with zero attached hydrogens (tertiary/aromatic N) is 3. The molecule has 3 heterocycles. The van der Waals surface area contributed by atoms with Crippen molar-refractivity contribution >= 4 is 11.7 Å². The number of aryl methyl sites for hydroxylation is 1. The molecule has 0 N–H and O–H groups in total. The molecule has 1 amide bonds. The molecule has 26 heavy (non-hydrogen) atoms. The van der Waals surface area contributed by atoms with Crippen LogP contribution in [0.3, 0.4) is 0 Å². The molecule has 4 rings (SSSR count). The second-order valence-electron chi connectivity index (χ2n) is 6.96. The third kappa shape index (κ3) is 3.88. The first-order valence-electron chi connectivity index (χ1n) is 9.42. The predicted octanol–water partition coefficient (Wildman–Crippen LogP) is 2.44. The maximum atomic E-state index is 12.7. The summed E-state index contributed by atoms with van der Waals surface area (Å²) in [5, 5.41) is 0. The number of amides is 1. The Hall–Kier alpha value is -2.40.